The predicted molar refractivity (Wildman–Crippen MR) is 40.6 cm³/mol. The molecule has 1 fully saturated rings. The molecule has 1 atom stereocenters. The third kappa shape index (κ3) is 2.58. The van der Waals surface area contributed by atoms with Crippen LogP contribution in [0.1, 0.15) is 26.2 Å². The Labute approximate surface area is 65.5 Å². The van der Waals surface area contributed by atoms with Crippen molar-refractivity contribution >= 4 is 0 Å². The molecule has 0 amide bonds. The van der Waals surface area contributed by atoms with Crippen LogP contribution in [0.5, 0.6) is 0 Å². The van der Waals surface area contributed by atoms with Crippen LogP contribution in [-0.4, -0.2) is 12.6 Å². The van der Waals surface area contributed by atoms with Crippen molar-refractivity contribution in [2.45, 2.75) is 32.2 Å². The van der Waals surface area contributed by atoms with Crippen LogP contribution in [0.2, 0.25) is 0 Å². The fourth-order valence-electron chi connectivity index (χ4n) is 1.27. The van der Waals surface area contributed by atoms with E-state index in [0.29, 0.717) is 19.0 Å². The second-order valence-corrected chi connectivity index (χ2v) is 3.04. The van der Waals surface area contributed by atoms with Gasteiger partial charge in [-0.05, 0) is 26.2 Å². The van der Waals surface area contributed by atoms with E-state index in [0.717, 1.165) is 12.8 Å². The average molecular weight is 161 g/mol. The van der Waals surface area contributed by atoms with Crippen LogP contribution in [0.4, 0.5) is 8.78 Å². The molecule has 0 spiro atoms. The second-order valence-electron chi connectivity index (χ2n) is 3.04. The van der Waals surface area contributed by atoms with Crippen LogP contribution in [0.25, 0.3) is 0 Å². The summed E-state index contributed by atoms with van der Waals surface area (Å²) in [6, 6.07) is 0.381. The second kappa shape index (κ2) is 3.81. The first-order chi connectivity index (χ1) is 5.20. The molecule has 0 aromatic rings. The number of rotatable bonds is 0. The van der Waals surface area contributed by atoms with E-state index >= 15 is 0 Å². The maximum atomic E-state index is 12.1. The quantitative estimate of drug-likeness (QED) is 0.574. The van der Waals surface area contributed by atoms with Gasteiger partial charge in [-0.2, -0.15) is 8.78 Å². The normalized spacial score (nSPS) is 26.5. The Kier molecular flexibility index (Phi) is 3.00. The van der Waals surface area contributed by atoms with Crippen molar-refractivity contribution < 1.29 is 8.78 Å². The number of hydrogen-bond acceptors (Lipinski definition) is 1. The van der Waals surface area contributed by atoms with Crippen molar-refractivity contribution in [1.29, 1.82) is 0 Å². The minimum atomic E-state index is -1.49. The molecule has 3 heteroatoms. The Morgan fingerprint density at radius 2 is 2.27 bits per heavy atom. The minimum Gasteiger partial charge on any atom is -0.310 e. The Morgan fingerprint density at radius 3 is 2.91 bits per heavy atom. The van der Waals surface area contributed by atoms with Gasteiger partial charge in [0.25, 0.3) is 6.08 Å². The molecule has 1 unspecified atom stereocenters. The molecule has 11 heavy (non-hydrogen) atoms. The Balaban J connectivity index is 2.53. The van der Waals surface area contributed by atoms with E-state index in [9.17, 15) is 8.78 Å². The first kappa shape index (κ1) is 8.65. The lowest BCUT2D eigenvalue weighted by Crippen LogP contribution is -2.25. The van der Waals surface area contributed by atoms with Gasteiger partial charge in [0.15, 0.2) is 0 Å². The van der Waals surface area contributed by atoms with Crippen molar-refractivity contribution in [3.63, 3.8) is 0 Å². The predicted octanol–water partition coefficient (Wildman–Crippen LogP) is 2.30. The summed E-state index contributed by atoms with van der Waals surface area (Å²) in [5.41, 5.74) is 0.286. The van der Waals surface area contributed by atoms with E-state index in [1.165, 1.54) is 0 Å². The molecule has 0 bridgehead atoms. The highest BCUT2D eigenvalue weighted by Crippen LogP contribution is 2.18. The van der Waals surface area contributed by atoms with Crippen molar-refractivity contribution in [2.75, 3.05) is 6.54 Å². The van der Waals surface area contributed by atoms with Crippen LogP contribution >= 0.6 is 0 Å². The Bertz CT molecular complexity index is 161. The topological polar surface area (TPSA) is 12.0 Å². The van der Waals surface area contributed by atoms with Crippen molar-refractivity contribution in [2.24, 2.45) is 0 Å². The summed E-state index contributed by atoms with van der Waals surface area (Å²) in [4.78, 5) is 0. The fourth-order valence-corrected chi connectivity index (χ4v) is 1.27. The van der Waals surface area contributed by atoms with Gasteiger partial charge in [0.2, 0.25) is 0 Å². The summed E-state index contributed by atoms with van der Waals surface area (Å²) in [6.45, 7) is 2.39. The molecule has 1 aliphatic rings. The molecular formula is C8H13F2N. The molecule has 1 N–H and O–H groups in total. The van der Waals surface area contributed by atoms with Gasteiger partial charge in [0.1, 0.15) is 0 Å². The zero-order valence-corrected chi connectivity index (χ0v) is 6.66. The third-order valence-electron chi connectivity index (χ3n) is 2.05. The van der Waals surface area contributed by atoms with Crippen LogP contribution in [-0.2, 0) is 0 Å². The lowest BCUT2D eigenvalue weighted by molar-refractivity contribution is 0.404. The molecule has 0 saturated carbocycles. The summed E-state index contributed by atoms with van der Waals surface area (Å²) in [5.74, 6) is 0. The summed E-state index contributed by atoms with van der Waals surface area (Å²) in [5, 5.41) is 3.04. The summed E-state index contributed by atoms with van der Waals surface area (Å²) < 4.78 is 24.1. The molecule has 0 radical (unpaired) electrons. The van der Waals surface area contributed by atoms with Gasteiger partial charge < -0.3 is 5.32 Å². The number of hydrogen-bond donors (Lipinski definition) is 1. The van der Waals surface area contributed by atoms with Gasteiger partial charge in [-0.15, -0.1) is 0 Å². The molecular weight excluding hydrogens is 148 g/mol. The largest absolute Gasteiger partial charge is 0.310 e. The van der Waals surface area contributed by atoms with Crippen molar-refractivity contribution in [3.05, 3.63) is 11.7 Å². The number of halogens is 2. The molecule has 0 aliphatic carbocycles. The van der Waals surface area contributed by atoms with Gasteiger partial charge in [-0.3, -0.25) is 0 Å². The van der Waals surface area contributed by atoms with Crippen LogP contribution < -0.4 is 5.32 Å². The highest BCUT2D eigenvalue weighted by molar-refractivity contribution is 5.06. The van der Waals surface area contributed by atoms with E-state index in [1.807, 2.05) is 6.92 Å². The van der Waals surface area contributed by atoms with E-state index in [-0.39, 0.29) is 5.57 Å². The van der Waals surface area contributed by atoms with Gasteiger partial charge in [0, 0.05) is 18.2 Å². The van der Waals surface area contributed by atoms with Gasteiger partial charge >= 0.3 is 0 Å². The molecule has 64 valence electrons. The Morgan fingerprint density at radius 1 is 1.55 bits per heavy atom. The molecule has 1 nitrogen and oxygen atoms in total. The van der Waals surface area contributed by atoms with Crippen molar-refractivity contribution in [3.8, 4) is 0 Å². The lowest BCUT2D eigenvalue weighted by Gasteiger charge is -2.07. The van der Waals surface area contributed by atoms with Gasteiger partial charge in [-0.25, -0.2) is 0 Å². The lowest BCUT2D eigenvalue weighted by atomic mass is 10.1. The molecule has 1 saturated heterocycles. The van der Waals surface area contributed by atoms with E-state index < -0.39 is 6.08 Å². The highest BCUT2D eigenvalue weighted by atomic mass is 19.3. The first-order valence-corrected chi connectivity index (χ1v) is 3.96. The van der Waals surface area contributed by atoms with E-state index in [2.05, 4.69) is 5.32 Å². The molecule has 1 aliphatic heterocycles. The summed E-state index contributed by atoms with van der Waals surface area (Å²) in [6.07, 6.45) is 0.934. The van der Waals surface area contributed by atoms with E-state index in [4.69, 9.17) is 0 Å². The third-order valence-corrected chi connectivity index (χ3v) is 2.05. The standard InChI is InChI=1S/C8H13F2N/c1-6-3-2-4-7(5-11-6)8(9)10/h6,11H,2-5H2,1H3. The number of nitrogens with one attached hydrogen (secondary N) is 1. The van der Waals surface area contributed by atoms with Gasteiger partial charge in [0.05, 0.1) is 0 Å². The zero-order chi connectivity index (χ0) is 8.27. The Hall–Kier alpha value is -0.440. The maximum Gasteiger partial charge on any atom is 0.270 e. The monoisotopic (exact) mass is 161 g/mol. The molecule has 1 heterocycles. The zero-order valence-electron chi connectivity index (χ0n) is 6.66. The fraction of sp³-hybridized carbons (Fsp3) is 0.750. The summed E-state index contributed by atoms with van der Waals surface area (Å²) >= 11 is 0. The SMILES string of the molecule is CC1CCCC(=C(F)F)CN1. The van der Waals surface area contributed by atoms with Crippen molar-refractivity contribution in [1.82, 2.24) is 5.32 Å². The molecule has 0 aromatic heterocycles. The smallest absolute Gasteiger partial charge is 0.270 e. The van der Waals surface area contributed by atoms with E-state index in [1.54, 1.807) is 0 Å². The molecule has 0 aromatic carbocycles. The van der Waals surface area contributed by atoms with Gasteiger partial charge in [-0.1, -0.05) is 0 Å². The molecule has 1 rings (SSSR count). The van der Waals surface area contributed by atoms with Crippen LogP contribution in [0.3, 0.4) is 0 Å². The maximum absolute atomic E-state index is 12.1. The first-order valence-electron chi connectivity index (χ1n) is 3.96. The van der Waals surface area contributed by atoms with Crippen LogP contribution in [0.15, 0.2) is 11.7 Å². The average Bonchev–Trinajstić information content (AvgIpc) is 2.13. The highest BCUT2D eigenvalue weighted by Gasteiger charge is 2.12. The summed E-state index contributed by atoms with van der Waals surface area (Å²) in [7, 11) is 0. The minimum absolute atomic E-state index is 0.286. The van der Waals surface area contributed by atoms with Crippen LogP contribution in [0, 0.1) is 0 Å².